The molecular formula is C6H11ClNO3P. The summed E-state index contributed by atoms with van der Waals surface area (Å²) >= 11 is 5.46. The monoisotopic (exact) mass is 211 g/mol. The molecule has 12 heavy (non-hydrogen) atoms. The van der Waals surface area contributed by atoms with Gasteiger partial charge in [0.1, 0.15) is 0 Å². The minimum Gasteiger partial charge on any atom is -0.307 e. The van der Waals surface area contributed by atoms with Gasteiger partial charge in [0.2, 0.25) is 5.12 Å². The van der Waals surface area contributed by atoms with Gasteiger partial charge < -0.3 is 9.05 Å². The van der Waals surface area contributed by atoms with E-state index >= 15 is 0 Å². The van der Waals surface area contributed by atoms with Crippen molar-refractivity contribution in [1.82, 2.24) is 0 Å². The van der Waals surface area contributed by atoms with Gasteiger partial charge in [-0.15, -0.1) is 0 Å². The van der Waals surface area contributed by atoms with E-state index in [1.165, 1.54) is 0 Å². The second kappa shape index (κ2) is 5.55. The fraction of sp³-hybridized carbons (Fsp3) is 0.833. The standard InChI is InChI=1S/C6H11ClNO3P/c1-3-10-12(9,11-4-2)6(7)5-8/h6H,3-4H2,1-2H3. The summed E-state index contributed by atoms with van der Waals surface area (Å²) in [7, 11) is -3.41. The predicted octanol–water partition coefficient (Wildman–Crippen LogP) is 2.34. The Hall–Kier alpha value is -0.0700. The summed E-state index contributed by atoms with van der Waals surface area (Å²) < 4.78 is 21.1. The quantitative estimate of drug-likeness (QED) is 0.517. The van der Waals surface area contributed by atoms with Crippen LogP contribution in [0.3, 0.4) is 0 Å². The Morgan fingerprint density at radius 1 is 1.50 bits per heavy atom. The van der Waals surface area contributed by atoms with Gasteiger partial charge in [0.25, 0.3) is 0 Å². The van der Waals surface area contributed by atoms with Gasteiger partial charge in [0.15, 0.2) is 0 Å². The van der Waals surface area contributed by atoms with E-state index in [1.54, 1.807) is 19.9 Å². The number of rotatable bonds is 5. The number of halogens is 1. The van der Waals surface area contributed by atoms with E-state index in [0.29, 0.717) is 0 Å². The molecule has 0 aromatic carbocycles. The normalized spacial score (nSPS) is 13.8. The van der Waals surface area contributed by atoms with Crippen molar-refractivity contribution in [2.45, 2.75) is 19.0 Å². The van der Waals surface area contributed by atoms with Gasteiger partial charge >= 0.3 is 7.60 Å². The van der Waals surface area contributed by atoms with Gasteiger partial charge in [0, 0.05) is 0 Å². The van der Waals surface area contributed by atoms with Gasteiger partial charge in [-0.3, -0.25) is 4.57 Å². The molecule has 0 aliphatic heterocycles. The molecule has 4 nitrogen and oxygen atoms in total. The summed E-state index contributed by atoms with van der Waals surface area (Å²) in [5, 5.41) is 7.18. The maximum absolute atomic E-state index is 11.5. The van der Waals surface area contributed by atoms with Crippen molar-refractivity contribution in [2.75, 3.05) is 13.2 Å². The largest absolute Gasteiger partial charge is 0.362 e. The van der Waals surface area contributed by atoms with E-state index in [-0.39, 0.29) is 13.2 Å². The second-order valence-electron chi connectivity index (χ2n) is 1.84. The molecule has 0 radical (unpaired) electrons. The van der Waals surface area contributed by atoms with Crippen LogP contribution in [0.25, 0.3) is 0 Å². The molecule has 0 heterocycles. The van der Waals surface area contributed by atoms with Crippen LogP contribution in [0.1, 0.15) is 13.8 Å². The molecule has 0 aliphatic rings. The molecule has 70 valence electrons. The van der Waals surface area contributed by atoms with Crippen molar-refractivity contribution >= 4 is 19.2 Å². The molecule has 0 bridgehead atoms. The smallest absolute Gasteiger partial charge is 0.307 e. The van der Waals surface area contributed by atoms with Crippen molar-refractivity contribution in [3.05, 3.63) is 0 Å². The molecule has 0 saturated heterocycles. The molecule has 0 aromatic heterocycles. The summed E-state index contributed by atoms with van der Waals surface area (Å²) in [4.78, 5) is 0. The van der Waals surface area contributed by atoms with Crippen LogP contribution >= 0.6 is 19.2 Å². The van der Waals surface area contributed by atoms with Crippen LogP contribution in [0.2, 0.25) is 0 Å². The molecule has 0 aliphatic carbocycles. The maximum Gasteiger partial charge on any atom is 0.362 e. The molecule has 0 amide bonds. The molecule has 1 unspecified atom stereocenters. The minimum absolute atomic E-state index is 0.210. The SMILES string of the molecule is CCOP(=O)(OCC)C(Cl)C#N. The third kappa shape index (κ3) is 3.12. The van der Waals surface area contributed by atoms with Crippen molar-refractivity contribution in [3.63, 3.8) is 0 Å². The molecule has 0 N–H and O–H groups in total. The Labute approximate surface area is 76.9 Å². The van der Waals surface area contributed by atoms with Gasteiger partial charge in [-0.05, 0) is 13.8 Å². The predicted molar refractivity (Wildman–Crippen MR) is 46.1 cm³/mol. The van der Waals surface area contributed by atoms with E-state index in [1.807, 2.05) is 0 Å². The summed E-state index contributed by atoms with van der Waals surface area (Å²) in [6.45, 7) is 3.74. The van der Waals surface area contributed by atoms with E-state index in [2.05, 4.69) is 0 Å². The lowest BCUT2D eigenvalue weighted by Gasteiger charge is -2.16. The number of nitrogens with zero attached hydrogens (tertiary/aromatic N) is 1. The van der Waals surface area contributed by atoms with Crippen molar-refractivity contribution < 1.29 is 13.6 Å². The van der Waals surface area contributed by atoms with Crippen LogP contribution in [0.4, 0.5) is 0 Å². The average molecular weight is 212 g/mol. The van der Waals surface area contributed by atoms with Gasteiger partial charge in [-0.2, -0.15) is 5.26 Å². The Balaban J connectivity index is 4.40. The third-order valence-electron chi connectivity index (χ3n) is 1.00. The Morgan fingerprint density at radius 3 is 2.17 bits per heavy atom. The highest BCUT2D eigenvalue weighted by molar-refractivity contribution is 7.56. The third-order valence-corrected chi connectivity index (χ3v) is 3.72. The van der Waals surface area contributed by atoms with Crippen molar-refractivity contribution in [3.8, 4) is 6.07 Å². The van der Waals surface area contributed by atoms with Crippen molar-refractivity contribution in [2.24, 2.45) is 0 Å². The van der Waals surface area contributed by atoms with E-state index in [0.717, 1.165) is 0 Å². The highest BCUT2D eigenvalue weighted by Gasteiger charge is 2.33. The first-order valence-corrected chi connectivity index (χ1v) is 5.58. The number of alkyl halides is 1. The fourth-order valence-corrected chi connectivity index (χ4v) is 2.13. The van der Waals surface area contributed by atoms with E-state index < -0.39 is 12.7 Å². The highest BCUT2D eigenvalue weighted by Crippen LogP contribution is 2.54. The van der Waals surface area contributed by atoms with Gasteiger partial charge in [-0.1, -0.05) is 11.6 Å². The molecule has 0 aromatic rings. The number of hydrogen-bond acceptors (Lipinski definition) is 4. The van der Waals surface area contributed by atoms with Crippen LogP contribution in [-0.4, -0.2) is 18.3 Å². The summed E-state index contributed by atoms with van der Waals surface area (Å²) in [6, 6.07) is 1.63. The summed E-state index contributed by atoms with van der Waals surface area (Å²) in [6.07, 6.45) is 0. The first kappa shape index (κ1) is 11.9. The Bertz CT molecular complexity index is 205. The Kier molecular flexibility index (Phi) is 5.52. The van der Waals surface area contributed by atoms with Crippen LogP contribution in [-0.2, 0) is 13.6 Å². The number of hydrogen-bond donors (Lipinski definition) is 0. The van der Waals surface area contributed by atoms with E-state index in [4.69, 9.17) is 25.9 Å². The lowest BCUT2D eigenvalue weighted by Crippen LogP contribution is -2.05. The van der Waals surface area contributed by atoms with Crippen LogP contribution in [0.5, 0.6) is 0 Å². The summed E-state index contributed by atoms with van der Waals surface area (Å²) in [5.41, 5.74) is 0. The molecule has 0 fully saturated rings. The lowest BCUT2D eigenvalue weighted by atomic mass is 10.9. The topological polar surface area (TPSA) is 59.3 Å². The van der Waals surface area contributed by atoms with Crippen molar-refractivity contribution in [1.29, 1.82) is 5.26 Å². The van der Waals surface area contributed by atoms with Crippen LogP contribution in [0.15, 0.2) is 0 Å². The fourth-order valence-electron chi connectivity index (χ4n) is 0.599. The zero-order valence-corrected chi connectivity index (χ0v) is 8.64. The van der Waals surface area contributed by atoms with Crippen LogP contribution < -0.4 is 0 Å². The maximum atomic E-state index is 11.5. The average Bonchev–Trinajstić information content (AvgIpc) is 2.04. The Morgan fingerprint density at radius 2 is 1.92 bits per heavy atom. The van der Waals surface area contributed by atoms with Gasteiger partial charge in [0.05, 0.1) is 19.3 Å². The van der Waals surface area contributed by atoms with Gasteiger partial charge in [-0.25, -0.2) is 0 Å². The highest BCUT2D eigenvalue weighted by atomic mass is 35.5. The summed E-state index contributed by atoms with van der Waals surface area (Å²) in [5.74, 6) is 0. The van der Waals surface area contributed by atoms with Crippen LogP contribution in [0, 0.1) is 11.3 Å². The first-order chi connectivity index (χ1) is 5.60. The minimum atomic E-state index is -3.41. The lowest BCUT2D eigenvalue weighted by molar-refractivity contribution is 0.221. The second-order valence-corrected chi connectivity index (χ2v) is 4.69. The molecule has 0 saturated carbocycles. The molecule has 1 atom stereocenters. The van der Waals surface area contributed by atoms with E-state index in [9.17, 15) is 4.57 Å². The zero-order chi connectivity index (χ0) is 9.61. The number of nitriles is 1. The molecule has 0 spiro atoms. The zero-order valence-electron chi connectivity index (χ0n) is 6.99. The molecule has 0 rings (SSSR count). The molecular weight excluding hydrogens is 200 g/mol. The first-order valence-electron chi connectivity index (χ1n) is 3.53. The molecule has 6 heteroatoms.